The maximum atomic E-state index is 11.8. The Morgan fingerprint density at radius 1 is 1.40 bits per heavy atom. The number of oxime groups is 1. The van der Waals surface area contributed by atoms with Gasteiger partial charge in [-0.2, -0.15) is 13.7 Å². The Morgan fingerprint density at radius 2 is 2.00 bits per heavy atom. The van der Waals surface area contributed by atoms with E-state index < -0.39 is 21.7 Å². The molecule has 8 heteroatoms. The Balaban J connectivity index is 2.94. The maximum Gasteiger partial charge on any atom is 0.358 e. The summed E-state index contributed by atoms with van der Waals surface area (Å²) in [4.78, 5) is 11.2. The molecule has 1 N–H and O–H groups in total. The third-order valence-electron chi connectivity index (χ3n) is 2.19. The van der Waals surface area contributed by atoms with Crippen LogP contribution >= 0.6 is 0 Å². The largest absolute Gasteiger partial charge is 0.358 e. The molecule has 0 fully saturated rings. The van der Waals surface area contributed by atoms with Crippen molar-refractivity contribution in [1.29, 1.82) is 5.26 Å². The Hall–Kier alpha value is -2.40. The van der Waals surface area contributed by atoms with Gasteiger partial charge in [0.2, 0.25) is 5.71 Å². The van der Waals surface area contributed by atoms with E-state index in [9.17, 15) is 13.2 Å². The van der Waals surface area contributed by atoms with Gasteiger partial charge in [-0.05, 0) is 31.1 Å². The van der Waals surface area contributed by atoms with E-state index in [2.05, 4.69) is 14.8 Å². The van der Waals surface area contributed by atoms with Crippen LogP contribution in [-0.4, -0.2) is 26.6 Å². The summed E-state index contributed by atoms with van der Waals surface area (Å²) in [5.41, 5.74) is 0.218. The van der Waals surface area contributed by atoms with Gasteiger partial charge in [0.1, 0.15) is 11.0 Å². The van der Waals surface area contributed by atoms with E-state index in [1.807, 2.05) is 0 Å². The van der Waals surface area contributed by atoms with Crippen LogP contribution in [0.4, 0.5) is 0 Å². The number of rotatable bonds is 5. The zero-order chi connectivity index (χ0) is 15.2. The van der Waals surface area contributed by atoms with Gasteiger partial charge in [0.15, 0.2) is 0 Å². The van der Waals surface area contributed by atoms with Gasteiger partial charge in [0.05, 0.1) is 0 Å². The monoisotopic (exact) mass is 295 g/mol. The molecule has 0 heterocycles. The summed E-state index contributed by atoms with van der Waals surface area (Å²) >= 11 is 0. The first kappa shape index (κ1) is 15.7. The minimum atomic E-state index is -4.15. The molecule has 7 nitrogen and oxygen atoms in total. The van der Waals surface area contributed by atoms with Crippen molar-refractivity contribution >= 4 is 21.7 Å². The Kier molecular flexibility index (Phi) is 5.23. The van der Waals surface area contributed by atoms with E-state index in [1.165, 1.54) is 18.2 Å². The molecule has 0 radical (unpaired) electrons. The molecule has 0 saturated carbocycles. The fourth-order valence-electron chi connectivity index (χ4n) is 1.19. The average molecular weight is 295 g/mol. The summed E-state index contributed by atoms with van der Waals surface area (Å²) in [5, 5.41) is 14.1. The van der Waals surface area contributed by atoms with Crippen LogP contribution in [0.5, 0.6) is 0 Å². The van der Waals surface area contributed by atoms with E-state index in [0.29, 0.717) is 0 Å². The highest BCUT2D eigenvalue weighted by atomic mass is 32.2. The number of nitriles is 1. The second-order valence-electron chi connectivity index (χ2n) is 3.75. The summed E-state index contributed by atoms with van der Waals surface area (Å²) in [5.74, 6) is -0.797. The smallest absolute Gasteiger partial charge is 0.350 e. The molecule has 1 amide bonds. The number of carbonyl (C=O) groups is 1. The number of aryl methyl sites for hydroxylation is 1. The van der Waals surface area contributed by atoms with Crippen molar-refractivity contribution in [2.75, 3.05) is 6.54 Å². The lowest BCUT2D eigenvalue weighted by atomic mass is 10.2. The number of amides is 1. The first-order valence-corrected chi connectivity index (χ1v) is 7.08. The average Bonchev–Trinajstić information content (AvgIpc) is 2.40. The lowest BCUT2D eigenvalue weighted by Gasteiger charge is -2.02. The quantitative estimate of drug-likeness (QED) is 0.636. The van der Waals surface area contributed by atoms with Crippen LogP contribution in [0.15, 0.2) is 34.3 Å². The third kappa shape index (κ3) is 4.07. The van der Waals surface area contributed by atoms with Crippen molar-refractivity contribution in [1.82, 2.24) is 5.32 Å². The van der Waals surface area contributed by atoms with Crippen LogP contribution in [0.2, 0.25) is 0 Å². The summed E-state index contributed by atoms with van der Waals surface area (Å²) in [6.07, 6.45) is 0. The molecule has 0 aliphatic carbocycles. The molecular weight excluding hydrogens is 282 g/mol. The third-order valence-corrected chi connectivity index (χ3v) is 3.31. The molecule has 0 aliphatic heterocycles. The van der Waals surface area contributed by atoms with Gasteiger partial charge in [-0.15, -0.1) is 0 Å². The predicted octanol–water partition coefficient (Wildman–Crippen LogP) is 0.716. The van der Waals surface area contributed by atoms with Gasteiger partial charge in [0.25, 0.3) is 5.91 Å². The van der Waals surface area contributed by atoms with Crippen LogP contribution in [0.25, 0.3) is 0 Å². The number of nitrogens with one attached hydrogen (secondary N) is 1. The Morgan fingerprint density at radius 3 is 2.50 bits per heavy atom. The molecule has 0 aromatic heterocycles. The van der Waals surface area contributed by atoms with Crippen molar-refractivity contribution in [3.05, 3.63) is 29.8 Å². The number of hydrogen-bond donors (Lipinski definition) is 1. The lowest BCUT2D eigenvalue weighted by molar-refractivity contribution is -0.114. The van der Waals surface area contributed by atoms with E-state index in [4.69, 9.17) is 5.26 Å². The molecule has 1 aromatic rings. The molecule has 0 spiro atoms. The van der Waals surface area contributed by atoms with Crippen molar-refractivity contribution in [2.45, 2.75) is 18.7 Å². The number of nitrogens with zero attached hydrogens (tertiary/aromatic N) is 2. The van der Waals surface area contributed by atoms with E-state index >= 15 is 0 Å². The van der Waals surface area contributed by atoms with Crippen LogP contribution in [0.1, 0.15) is 12.5 Å². The number of carbonyl (C=O) groups excluding carboxylic acids is 1. The van der Waals surface area contributed by atoms with Crippen LogP contribution in [0, 0.1) is 18.3 Å². The highest BCUT2D eigenvalue weighted by molar-refractivity contribution is 7.86. The van der Waals surface area contributed by atoms with E-state index in [-0.39, 0.29) is 11.4 Å². The zero-order valence-corrected chi connectivity index (χ0v) is 11.8. The standard InChI is InChI=1S/C12H13N3O4S/c1-3-14-12(16)11(8-13)15-19-20(17,18)10-6-4-9(2)5-7-10/h4-7H,3H2,1-2H3,(H,14,16)/b15-11+. The SMILES string of the molecule is CCNC(=O)/C(C#N)=N/OS(=O)(=O)c1ccc(C)cc1. The normalized spacial score (nSPS) is 11.6. The maximum absolute atomic E-state index is 11.8. The van der Waals surface area contributed by atoms with Gasteiger partial charge in [-0.3, -0.25) is 9.08 Å². The second kappa shape index (κ2) is 6.68. The second-order valence-corrected chi connectivity index (χ2v) is 5.28. The molecule has 20 heavy (non-hydrogen) atoms. The van der Waals surface area contributed by atoms with Crippen molar-refractivity contribution < 1.29 is 17.5 Å². The van der Waals surface area contributed by atoms with Gasteiger partial charge >= 0.3 is 10.1 Å². The molecule has 0 bridgehead atoms. The fourth-order valence-corrected chi connectivity index (χ4v) is 1.92. The van der Waals surface area contributed by atoms with E-state index in [1.54, 1.807) is 26.0 Å². The molecule has 0 atom stereocenters. The molecule has 0 saturated heterocycles. The Bertz CT molecular complexity index is 657. The van der Waals surface area contributed by atoms with Gasteiger partial charge < -0.3 is 5.32 Å². The Labute approximate surface area is 117 Å². The number of hydrogen-bond acceptors (Lipinski definition) is 6. The molecule has 106 valence electrons. The summed E-state index contributed by atoms with van der Waals surface area (Å²) in [6.45, 7) is 3.74. The fraction of sp³-hybridized carbons (Fsp3) is 0.250. The summed E-state index contributed by atoms with van der Waals surface area (Å²) in [6, 6.07) is 7.34. The van der Waals surface area contributed by atoms with Crippen LogP contribution in [-0.2, 0) is 19.2 Å². The first-order valence-electron chi connectivity index (χ1n) is 5.67. The number of benzene rings is 1. The van der Waals surface area contributed by atoms with Crippen LogP contribution in [0.3, 0.4) is 0 Å². The van der Waals surface area contributed by atoms with E-state index in [0.717, 1.165) is 5.56 Å². The molecular formula is C12H13N3O4S. The molecule has 0 unspecified atom stereocenters. The lowest BCUT2D eigenvalue weighted by Crippen LogP contribution is -2.30. The highest BCUT2D eigenvalue weighted by Crippen LogP contribution is 2.13. The van der Waals surface area contributed by atoms with Crippen molar-refractivity contribution in [2.24, 2.45) is 5.16 Å². The zero-order valence-electron chi connectivity index (χ0n) is 11.0. The topological polar surface area (TPSA) is 109 Å². The van der Waals surface area contributed by atoms with Gasteiger partial charge in [-0.1, -0.05) is 17.7 Å². The molecule has 0 aliphatic rings. The predicted molar refractivity (Wildman–Crippen MR) is 71.2 cm³/mol. The van der Waals surface area contributed by atoms with Gasteiger partial charge in [0, 0.05) is 6.54 Å². The summed E-state index contributed by atoms with van der Waals surface area (Å²) in [7, 11) is -4.15. The molecule has 1 aromatic carbocycles. The minimum Gasteiger partial charge on any atom is -0.350 e. The first-order chi connectivity index (χ1) is 9.40. The minimum absolute atomic E-state index is 0.111. The summed E-state index contributed by atoms with van der Waals surface area (Å²) < 4.78 is 27.9. The van der Waals surface area contributed by atoms with Gasteiger partial charge in [-0.25, -0.2) is 0 Å². The highest BCUT2D eigenvalue weighted by Gasteiger charge is 2.18. The van der Waals surface area contributed by atoms with Crippen molar-refractivity contribution in [3.8, 4) is 6.07 Å². The van der Waals surface area contributed by atoms with Crippen LogP contribution < -0.4 is 5.32 Å². The molecule has 1 rings (SSSR count). The van der Waals surface area contributed by atoms with Crippen molar-refractivity contribution in [3.63, 3.8) is 0 Å².